The largest absolute Gasteiger partial charge is 0.340 e. The second kappa shape index (κ2) is 5.77. The highest BCUT2D eigenvalue weighted by Crippen LogP contribution is 2.30. The standard InChI is InChI=1S/C12H15BrN4S/c1-8(5-14)17(2)12-15-6-9(7-16-12)10-3-4-11(13)18-10/h3-4,6-8H,5,14H2,1-2H3. The zero-order chi connectivity index (χ0) is 13.1. The Kier molecular flexibility index (Phi) is 4.31. The average molecular weight is 327 g/mol. The quantitative estimate of drug-likeness (QED) is 0.938. The first-order valence-corrected chi connectivity index (χ1v) is 7.23. The summed E-state index contributed by atoms with van der Waals surface area (Å²) >= 11 is 5.12. The smallest absolute Gasteiger partial charge is 0.225 e. The van der Waals surface area contributed by atoms with Gasteiger partial charge in [0.05, 0.1) is 3.79 Å². The van der Waals surface area contributed by atoms with E-state index >= 15 is 0 Å². The van der Waals surface area contributed by atoms with E-state index in [1.807, 2.05) is 37.3 Å². The molecule has 0 radical (unpaired) electrons. The number of likely N-dealkylation sites (N-methyl/N-ethyl adjacent to an activating group) is 1. The van der Waals surface area contributed by atoms with Gasteiger partial charge in [0.25, 0.3) is 0 Å². The van der Waals surface area contributed by atoms with Gasteiger partial charge in [-0.15, -0.1) is 11.3 Å². The number of aromatic nitrogens is 2. The number of anilines is 1. The van der Waals surface area contributed by atoms with E-state index in [0.29, 0.717) is 12.5 Å². The van der Waals surface area contributed by atoms with Gasteiger partial charge in [-0.2, -0.15) is 0 Å². The number of nitrogens with two attached hydrogens (primary N) is 1. The number of halogens is 1. The Morgan fingerprint density at radius 2 is 2.06 bits per heavy atom. The fourth-order valence-electron chi connectivity index (χ4n) is 1.46. The van der Waals surface area contributed by atoms with Gasteiger partial charge in [0, 0.05) is 42.5 Å². The predicted molar refractivity (Wildman–Crippen MR) is 80.0 cm³/mol. The van der Waals surface area contributed by atoms with Crippen LogP contribution in [0.5, 0.6) is 0 Å². The Morgan fingerprint density at radius 1 is 1.39 bits per heavy atom. The second-order valence-corrected chi connectivity index (χ2v) is 6.53. The van der Waals surface area contributed by atoms with E-state index in [0.717, 1.165) is 14.2 Å². The van der Waals surface area contributed by atoms with Crippen LogP contribution in [-0.4, -0.2) is 29.6 Å². The van der Waals surface area contributed by atoms with Crippen molar-refractivity contribution in [3.05, 3.63) is 28.3 Å². The number of hydrogen-bond acceptors (Lipinski definition) is 5. The van der Waals surface area contributed by atoms with Crippen molar-refractivity contribution in [2.75, 3.05) is 18.5 Å². The van der Waals surface area contributed by atoms with E-state index in [1.54, 1.807) is 11.3 Å². The fraction of sp³-hybridized carbons (Fsp3) is 0.333. The van der Waals surface area contributed by atoms with Gasteiger partial charge in [-0.1, -0.05) is 0 Å². The Hall–Kier alpha value is -0.980. The Morgan fingerprint density at radius 3 is 2.56 bits per heavy atom. The molecule has 2 N–H and O–H groups in total. The van der Waals surface area contributed by atoms with Crippen LogP contribution in [0.15, 0.2) is 28.3 Å². The van der Waals surface area contributed by atoms with Gasteiger partial charge in [-0.05, 0) is 35.0 Å². The molecule has 1 atom stereocenters. The summed E-state index contributed by atoms with van der Waals surface area (Å²) in [6, 6.07) is 4.31. The van der Waals surface area contributed by atoms with E-state index in [2.05, 4.69) is 32.0 Å². The van der Waals surface area contributed by atoms with E-state index in [4.69, 9.17) is 5.73 Å². The summed E-state index contributed by atoms with van der Waals surface area (Å²) in [4.78, 5) is 11.9. The summed E-state index contributed by atoms with van der Waals surface area (Å²) in [7, 11) is 1.95. The molecule has 0 aliphatic carbocycles. The molecule has 0 saturated carbocycles. The van der Waals surface area contributed by atoms with E-state index < -0.39 is 0 Å². The lowest BCUT2D eigenvalue weighted by Gasteiger charge is -2.23. The Bertz CT molecular complexity index is 511. The highest BCUT2D eigenvalue weighted by molar-refractivity contribution is 9.11. The highest BCUT2D eigenvalue weighted by atomic mass is 79.9. The van der Waals surface area contributed by atoms with Crippen molar-refractivity contribution in [2.45, 2.75) is 13.0 Å². The molecule has 6 heteroatoms. The maximum absolute atomic E-state index is 5.63. The third-order valence-electron chi connectivity index (χ3n) is 2.81. The molecular formula is C12H15BrN4S. The zero-order valence-electron chi connectivity index (χ0n) is 10.3. The molecule has 96 valence electrons. The van der Waals surface area contributed by atoms with Gasteiger partial charge < -0.3 is 10.6 Å². The van der Waals surface area contributed by atoms with Crippen LogP contribution in [0.2, 0.25) is 0 Å². The average Bonchev–Trinajstić information content (AvgIpc) is 2.84. The van der Waals surface area contributed by atoms with E-state index in [1.165, 1.54) is 0 Å². The molecule has 0 aliphatic rings. The lowest BCUT2D eigenvalue weighted by molar-refractivity contribution is 0.678. The lowest BCUT2D eigenvalue weighted by atomic mass is 10.3. The minimum Gasteiger partial charge on any atom is -0.340 e. The van der Waals surface area contributed by atoms with Crippen LogP contribution in [-0.2, 0) is 0 Å². The molecule has 0 aliphatic heterocycles. The van der Waals surface area contributed by atoms with Crippen LogP contribution in [0.1, 0.15) is 6.92 Å². The first kappa shape index (κ1) is 13.5. The molecular weight excluding hydrogens is 312 g/mol. The van der Waals surface area contributed by atoms with Crippen LogP contribution in [0.3, 0.4) is 0 Å². The third kappa shape index (κ3) is 2.88. The van der Waals surface area contributed by atoms with Gasteiger partial charge in [0.2, 0.25) is 5.95 Å². The molecule has 2 heterocycles. The topological polar surface area (TPSA) is 55.0 Å². The second-order valence-electron chi connectivity index (χ2n) is 4.07. The Balaban J connectivity index is 2.20. The summed E-state index contributed by atoms with van der Waals surface area (Å²) in [6.07, 6.45) is 3.70. The number of thiophene rings is 1. The van der Waals surface area contributed by atoms with Crippen molar-refractivity contribution >= 4 is 33.2 Å². The molecule has 1 unspecified atom stereocenters. The maximum atomic E-state index is 5.63. The molecule has 0 fully saturated rings. The molecule has 0 aromatic carbocycles. The summed E-state index contributed by atoms with van der Waals surface area (Å²) in [6.45, 7) is 2.63. The van der Waals surface area contributed by atoms with Gasteiger partial charge in [-0.3, -0.25) is 0 Å². The molecule has 0 amide bonds. The van der Waals surface area contributed by atoms with Crippen molar-refractivity contribution in [2.24, 2.45) is 5.73 Å². The summed E-state index contributed by atoms with van der Waals surface area (Å²) in [5.41, 5.74) is 6.66. The monoisotopic (exact) mass is 326 g/mol. The van der Waals surface area contributed by atoms with Crippen molar-refractivity contribution in [1.29, 1.82) is 0 Å². The number of rotatable bonds is 4. The zero-order valence-corrected chi connectivity index (χ0v) is 12.7. The normalized spacial score (nSPS) is 12.4. The Labute approximate surface area is 119 Å². The molecule has 0 bridgehead atoms. The number of hydrogen-bond donors (Lipinski definition) is 1. The van der Waals surface area contributed by atoms with Crippen molar-refractivity contribution in [3.8, 4) is 10.4 Å². The summed E-state index contributed by atoms with van der Waals surface area (Å²) < 4.78 is 1.11. The van der Waals surface area contributed by atoms with Crippen LogP contribution in [0.4, 0.5) is 5.95 Å². The highest BCUT2D eigenvalue weighted by Gasteiger charge is 2.11. The molecule has 4 nitrogen and oxygen atoms in total. The lowest BCUT2D eigenvalue weighted by Crippen LogP contribution is -2.36. The maximum Gasteiger partial charge on any atom is 0.225 e. The molecule has 0 saturated heterocycles. The van der Waals surface area contributed by atoms with Crippen molar-refractivity contribution in [1.82, 2.24) is 9.97 Å². The van der Waals surface area contributed by atoms with Gasteiger partial charge in [0.15, 0.2) is 0 Å². The first-order valence-electron chi connectivity index (χ1n) is 5.62. The van der Waals surface area contributed by atoms with Gasteiger partial charge in [-0.25, -0.2) is 9.97 Å². The first-order chi connectivity index (χ1) is 8.61. The molecule has 2 aromatic rings. The molecule has 18 heavy (non-hydrogen) atoms. The molecule has 0 spiro atoms. The van der Waals surface area contributed by atoms with Gasteiger partial charge in [0.1, 0.15) is 0 Å². The van der Waals surface area contributed by atoms with Crippen molar-refractivity contribution in [3.63, 3.8) is 0 Å². The minimum atomic E-state index is 0.228. The third-order valence-corrected chi connectivity index (χ3v) is 4.49. The van der Waals surface area contributed by atoms with Crippen LogP contribution < -0.4 is 10.6 Å². The van der Waals surface area contributed by atoms with Crippen LogP contribution in [0.25, 0.3) is 10.4 Å². The predicted octanol–water partition coefficient (Wildman–Crippen LogP) is 2.75. The summed E-state index contributed by atoms with van der Waals surface area (Å²) in [5.74, 6) is 0.701. The number of nitrogens with zero attached hydrogens (tertiary/aromatic N) is 3. The minimum absolute atomic E-state index is 0.228. The SMILES string of the molecule is CC(CN)N(C)c1ncc(-c2ccc(Br)s2)cn1. The van der Waals surface area contributed by atoms with Crippen LogP contribution >= 0.6 is 27.3 Å². The summed E-state index contributed by atoms with van der Waals surface area (Å²) in [5, 5.41) is 0. The van der Waals surface area contributed by atoms with Gasteiger partial charge >= 0.3 is 0 Å². The fourth-order valence-corrected chi connectivity index (χ4v) is 2.82. The van der Waals surface area contributed by atoms with Crippen molar-refractivity contribution < 1.29 is 0 Å². The van der Waals surface area contributed by atoms with E-state index in [-0.39, 0.29) is 6.04 Å². The molecule has 2 aromatic heterocycles. The van der Waals surface area contributed by atoms with Crippen LogP contribution in [0, 0.1) is 0 Å². The van der Waals surface area contributed by atoms with E-state index in [9.17, 15) is 0 Å². The molecule has 2 rings (SSSR count).